The van der Waals surface area contributed by atoms with E-state index in [0.717, 1.165) is 37.2 Å². The van der Waals surface area contributed by atoms with Gasteiger partial charge in [0.05, 0.1) is 6.42 Å². The van der Waals surface area contributed by atoms with E-state index in [9.17, 15) is 4.79 Å². The largest absolute Gasteiger partial charge is 0.335 e. The molecule has 104 valence electrons. The predicted molar refractivity (Wildman–Crippen MR) is 79.0 cm³/mol. The maximum Gasteiger partial charge on any atom is 0.170 e. The van der Waals surface area contributed by atoms with E-state index in [1.54, 1.807) is 6.20 Å². The van der Waals surface area contributed by atoms with Crippen molar-refractivity contribution >= 4 is 5.78 Å². The molecule has 3 heteroatoms. The lowest BCUT2D eigenvalue weighted by molar-refractivity contribution is 0.0989. The second kappa shape index (κ2) is 5.61. The number of Topliss-reactive ketones (excluding diaryl/α,β-unsaturated/α-hetero) is 1. The van der Waals surface area contributed by atoms with E-state index in [-0.39, 0.29) is 5.78 Å². The van der Waals surface area contributed by atoms with Crippen LogP contribution in [0.3, 0.4) is 0 Å². The Bertz CT molecular complexity index is 628. The van der Waals surface area contributed by atoms with Crippen molar-refractivity contribution < 1.29 is 4.79 Å². The van der Waals surface area contributed by atoms with Crippen LogP contribution in [0.15, 0.2) is 30.6 Å². The van der Waals surface area contributed by atoms with Gasteiger partial charge < -0.3 is 4.57 Å². The lowest BCUT2D eigenvalue weighted by Crippen LogP contribution is -2.10. The summed E-state index contributed by atoms with van der Waals surface area (Å²) >= 11 is 0. The van der Waals surface area contributed by atoms with E-state index in [1.807, 2.05) is 12.3 Å². The van der Waals surface area contributed by atoms with Crippen LogP contribution >= 0.6 is 0 Å². The first-order chi connectivity index (χ1) is 9.78. The number of aromatic nitrogens is 2. The number of carbonyl (C=O) groups excluding carboxylic acids is 1. The van der Waals surface area contributed by atoms with Crippen LogP contribution in [-0.4, -0.2) is 15.3 Å². The number of imidazole rings is 1. The van der Waals surface area contributed by atoms with Gasteiger partial charge in [-0.2, -0.15) is 0 Å². The number of rotatable bonds is 5. The molecule has 20 heavy (non-hydrogen) atoms. The van der Waals surface area contributed by atoms with E-state index in [1.165, 1.54) is 17.5 Å². The normalized spacial score (nSPS) is 13.4. The quantitative estimate of drug-likeness (QED) is 0.780. The van der Waals surface area contributed by atoms with Crippen molar-refractivity contribution in [3.8, 4) is 0 Å². The molecule has 1 aliphatic rings. The summed E-state index contributed by atoms with van der Waals surface area (Å²) in [5.74, 6) is 1.04. The van der Waals surface area contributed by atoms with Crippen LogP contribution in [0.1, 0.15) is 47.1 Å². The van der Waals surface area contributed by atoms with Crippen molar-refractivity contribution in [3.05, 3.63) is 53.1 Å². The highest BCUT2D eigenvalue weighted by atomic mass is 16.1. The van der Waals surface area contributed by atoms with Crippen molar-refractivity contribution in [2.75, 3.05) is 0 Å². The van der Waals surface area contributed by atoms with E-state index >= 15 is 0 Å². The molecule has 1 aromatic carbocycles. The second-order valence-corrected chi connectivity index (χ2v) is 5.47. The molecule has 0 saturated carbocycles. The number of nitrogens with zero attached hydrogens (tertiary/aromatic N) is 2. The zero-order valence-electron chi connectivity index (χ0n) is 11.9. The highest BCUT2D eigenvalue weighted by molar-refractivity contribution is 5.97. The summed E-state index contributed by atoms with van der Waals surface area (Å²) in [5.41, 5.74) is 3.60. The lowest BCUT2D eigenvalue weighted by atomic mass is 10.0. The number of fused-ring (bicyclic) bond motifs is 1. The smallest absolute Gasteiger partial charge is 0.170 e. The van der Waals surface area contributed by atoms with Crippen LogP contribution in [0.5, 0.6) is 0 Å². The minimum absolute atomic E-state index is 0.170. The number of hydrogen-bond acceptors (Lipinski definition) is 2. The first-order valence-corrected chi connectivity index (χ1v) is 7.43. The molecule has 1 heterocycles. The summed E-state index contributed by atoms with van der Waals surface area (Å²) in [6, 6.07) is 6.17. The summed E-state index contributed by atoms with van der Waals surface area (Å²) in [6.45, 7) is 3.05. The number of hydrogen-bond donors (Lipinski definition) is 0. The molecule has 0 saturated heterocycles. The van der Waals surface area contributed by atoms with Crippen LogP contribution in [0, 0.1) is 0 Å². The fraction of sp³-hybridized carbons (Fsp3) is 0.412. The SMILES string of the molecule is CCCn1ccnc1CC(=O)c1ccc2c(c1)CCC2. The molecule has 0 atom stereocenters. The minimum Gasteiger partial charge on any atom is -0.335 e. The first kappa shape index (κ1) is 13.1. The van der Waals surface area contributed by atoms with Crippen LogP contribution in [0.2, 0.25) is 0 Å². The third kappa shape index (κ3) is 2.53. The van der Waals surface area contributed by atoms with Gasteiger partial charge in [0.25, 0.3) is 0 Å². The molecule has 0 unspecified atom stereocenters. The third-order valence-electron chi connectivity index (χ3n) is 4.01. The number of aryl methyl sites for hydroxylation is 3. The van der Waals surface area contributed by atoms with Gasteiger partial charge in [-0.15, -0.1) is 0 Å². The van der Waals surface area contributed by atoms with Crippen LogP contribution in [-0.2, 0) is 25.8 Å². The van der Waals surface area contributed by atoms with Gasteiger partial charge in [0.2, 0.25) is 0 Å². The predicted octanol–water partition coefficient (Wildman–Crippen LogP) is 3.21. The van der Waals surface area contributed by atoms with Crippen LogP contribution < -0.4 is 0 Å². The molecule has 3 nitrogen and oxygen atoms in total. The molecule has 0 radical (unpaired) electrons. The Balaban J connectivity index is 1.77. The molecule has 3 rings (SSSR count). The Morgan fingerprint density at radius 3 is 3.00 bits per heavy atom. The molecular formula is C17H20N2O. The average molecular weight is 268 g/mol. The van der Waals surface area contributed by atoms with Gasteiger partial charge in [-0.25, -0.2) is 4.98 Å². The van der Waals surface area contributed by atoms with E-state index in [2.05, 4.69) is 28.6 Å². The Kier molecular flexibility index (Phi) is 3.68. The van der Waals surface area contributed by atoms with Gasteiger partial charge >= 0.3 is 0 Å². The van der Waals surface area contributed by atoms with Gasteiger partial charge in [-0.3, -0.25) is 4.79 Å². The molecule has 0 aliphatic heterocycles. The summed E-state index contributed by atoms with van der Waals surface area (Å²) in [4.78, 5) is 16.7. The van der Waals surface area contributed by atoms with E-state index < -0.39 is 0 Å². The zero-order valence-corrected chi connectivity index (χ0v) is 11.9. The maximum atomic E-state index is 12.4. The number of carbonyl (C=O) groups is 1. The van der Waals surface area contributed by atoms with Crippen LogP contribution in [0.25, 0.3) is 0 Å². The third-order valence-corrected chi connectivity index (χ3v) is 4.01. The molecule has 0 fully saturated rings. The van der Waals surface area contributed by atoms with Crippen molar-refractivity contribution in [2.24, 2.45) is 0 Å². The molecule has 1 aromatic heterocycles. The van der Waals surface area contributed by atoms with Gasteiger partial charge in [0, 0.05) is 24.5 Å². The molecule has 0 amide bonds. The lowest BCUT2D eigenvalue weighted by Gasteiger charge is -2.07. The average Bonchev–Trinajstić information content (AvgIpc) is 3.07. The highest BCUT2D eigenvalue weighted by Crippen LogP contribution is 2.23. The van der Waals surface area contributed by atoms with Crippen molar-refractivity contribution in [3.63, 3.8) is 0 Å². The molecule has 0 bridgehead atoms. The van der Waals surface area contributed by atoms with E-state index in [0.29, 0.717) is 6.42 Å². The second-order valence-electron chi connectivity index (χ2n) is 5.47. The molecule has 0 spiro atoms. The highest BCUT2D eigenvalue weighted by Gasteiger charge is 2.15. The summed E-state index contributed by atoms with van der Waals surface area (Å²) in [5, 5.41) is 0. The topological polar surface area (TPSA) is 34.9 Å². The van der Waals surface area contributed by atoms with Crippen LogP contribution in [0.4, 0.5) is 0 Å². The Hall–Kier alpha value is -1.90. The van der Waals surface area contributed by atoms with Crippen molar-refractivity contribution in [2.45, 2.75) is 45.6 Å². The van der Waals surface area contributed by atoms with Crippen molar-refractivity contribution in [1.29, 1.82) is 0 Å². The molecule has 1 aliphatic carbocycles. The fourth-order valence-corrected chi connectivity index (χ4v) is 2.94. The standard InChI is InChI=1S/C17H20N2O/c1-2-9-19-10-8-18-17(19)12-16(20)15-7-6-13-4-3-5-14(13)11-15/h6-8,10-11H,2-5,9,12H2,1H3. The maximum absolute atomic E-state index is 12.4. The minimum atomic E-state index is 0.170. The Labute approximate surface area is 119 Å². The molecular weight excluding hydrogens is 248 g/mol. The monoisotopic (exact) mass is 268 g/mol. The molecule has 0 N–H and O–H groups in total. The number of benzene rings is 1. The Morgan fingerprint density at radius 1 is 1.30 bits per heavy atom. The fourth-order valence-electron chi connectivity index (χ4n) is 2.94. The molecule has 2 aromatic rings. The Morgan fingerprint density at radius 2 is 2.15 bits per heavy atom. The van der Waals surface area contributed by atoms with Gasteiger partial charge in [-0.1, -0.05) is 19.1 Å². The van der Waals surface area contributed by atoms with Gasteiger partial charge in [-0.05, 0) is 42.9 Å². The van der Waals surface area contributed by atoms with Crippen molar-refractivity contribution in [1.82, 2.24) is 9.55 Å². The zero-order chi connectivity index (χ0) is 13.9. The summed E-state index contributed by atoms with van der Waals surface area (Å²) in [6.07, 6.45) is 8.66. The van der Waals surface area contributed by atoms with E-state index in [4.69, 9.17) is 0 Å². The first-order valence-electron chi connectivity index (χ1n) is 7.43. The van der Waals surface area contributed by atoms with Gasteiger partial charge in [0.1, 0.15) is 5.82 Å². The van der Waals surface area contributed by atoms with Gasteiger partial charge in [0.15, 0.2) is 5.78 Å². The number of ketones is 1. The summed E-state index contributed by atoms with van der Waals surface area (Å²) in [7, 11) is 0. The summed E-state index contributed by atoms with van der Waals surface area (Å²) < 4.78 is 2.07.